The molecule has 0 spiro atoms. The largest absolute Gasteiger partial charge is 0.393 e. The summed E-state index contributed by atoms with van der Waals surface area (Å²) in [7, 11) is 0. The number of nitrogen functional groups attached to an aromatic ring is 1. The highest BCUT2D eigenvalue weighted by Gasteiger charge is 2.18. The average Bonchev–Trinajstić information content (AvgIpc) is 2.17. The molecular formula is C11H17N3O2. The van der Waals surface area contributed by atoms with Gasteiger partial charge < -0.3 is 11.1 Å². The van der Waals surface area contributed by atoms with E-state index in [4.69, 9.17) is 5.73 Å². The fourth-order valence-electron chi connectivity index (χ4n) is 1.65. The van der Waals surface area contributed by atoms with Crippen LogP contribution in [-0.2, 0) is 0 Å². The number of hydrogen-bond acceptors (Lipinski definition) is 4. The minimum atomic E-state index is -0.448. The van der Waals surface area contributed by atoms with Gasteiger partial charge in [0, 0.05) is 6.04 Å². The number of para-hydroxylation sites is 1. The summed E-state index contributed by atoms with van der Waals surface area (Å²) in [5, 5.41) is 14.0. The van der Waals surface area contributed by atoms with Crippen LogP contribution in [0.3, 0.4) is 0 Å². The molecular weight excluding hydrogens is 206 g/mol. The maximum Gasteiger partial charge on any atom is 0.314 e. The van der Waals surface area contributed by atoms with Crippen LogP contribution in [-0.4, -0.2) is 11.0 Å². The normalized spacial score (nSPS) is 12.1. The Morgan fingerprint density at radius 2 is 2.25 bits per heavy atom. The van der Waals surface area contributed by atoms with Crippen LogP contribution in [0.4, 0.5) is 17.1 Å². The lowest BCUT2D eigenvalue weighted by atomic mass is 10.1. The SMILES string of the molecule is CCCC(C)Nc1cccc(N)c1[N+](=O)[O-]. The van der Waals surface area contributed by atoms with Gasteiger partial charge in [-0.25, -0.2) is 0 Å². The third-order valence-corrected chi connectivity index (χ3v) is 2.37. The lowest BCUT2D eigenvalue weighted by Gasteiger charge is -2.14. The average molecular weight is 223 g/mol. The third kappa shape index (κ3) is 2.85. The Kier molecular flexibility index (Phi) is 4.10. The van der Waals surface area contributed by atoms with Crippen LogP contribution in [0, 0.1) is 10.1 Å². The number of rotatable bonds is 5. The van der Waals surface area contributed by atoms with Gasteiger partial charge in [-0.3, -0.25) is 10.1 Å². The maximum atomic E-state index is 10.9. The van der Waals surface area contributed by atoms with E-state index in [1.165, 1.54) is 6.07 Å². The molecule has 5 heteroatoms. The topological polar surface area (TPSA) is 81.2 Å². The Hall–Kier alpha value is -1.78. The van der Waals surface area contributed by atoms with Crippen molar-refractivity contribution in [2.75, 3.05) is 11.1 Å². The molecule has 1 atom stereocenters. The van der Waals surface area contributed by atoms with Crippen LogP contribution < -0.4 is 11.1 Å². The number of benzene rings is 1. The number of hydrogen-bond donors (Lipinski definition) is 2. The van der Waals surface area contributed by atoms with E-state index in [0.29, 0.717) is 5.69 Å². The van der Waals surface area contributed by atoms with Crippen molar-refractivity contribution < 1.29 is 4.92 Å². The molecule has 1 unspecified atom stereocenters. The molecule has 1 aromatic carbocycles. The molecule has 0 saturated carbocycles. The lowest BCUT2D eigenvalue weighted by Crippen LogP contribution is -2.15. The maximum absolute atomic E-state index is 10.9. The molecule has 5 nitrogen and oxygen atoms in total. The highest BCUT2D eigenvalue weighted by atomic mass is 16.6. The van der Waals surface area contributed by atoms with Gasteiger partial charge in [0.15, 0.2) is 0 Å². The van der Waals surface area contributed by atoms with Gasteiger partial charge in [-0.2, -0.15) is 0 Å². The second-order valence-electron chi connectivity index (χ2n) is 3.83. The fraction of sp³-hybridized carbons (Fsp3) is 0.455. The number of nitrogens with two attached hydrogens (primary N) is 1. The van der Waals surface area contributed by atoms with Crippen molar-refractivity contribution in [1.29, 1.82) is 0 Å². The molecule has 0 amide bonds. The Labute approximate surface area is 94.8 Å². The molecule has 0 aliphatic rings. The first-order valence-electron chi connectivity index (χ1n) is 5.35. The van der Waals surface area contributed by atoms with Crippen molar-refractivity contribution in [1.82, 2.24) is 0 Å². The molecule has 0 saturated heterocycles. The van der Waals surface area contributed by atoms with E-state index in [1.54, 1.807) is 12.1 Å². The van der Waals surface area contributed by atoms with Crippen LogP contribution in [0.1, 0.15) is 26.7 Å². The van der Waals surface area contributed by atoms with Crippen molar-refractivity contribution in [3.8, 4) is 0 Å². The van der Waals surface area contributed by atoms with Gasteiger partial charge in [-0.05, 0) is 25.5 Å². The molecule has 0 heterocycles. The number of anilines is 2. The van der Waals surface area contributed by atoms with Crippen molar-refractivity contribution in [2.45, 2.75) is 32.7 Å². The van der Waals surface area contributed by atoms with E-state index in [1.807, 2.05) is 6.92 Å². The van der Waals surface area contributed by atoms with E-state index < -0.39 is 4.92 Å². The molecule has 88 valence electrons. The molecule has 0 aliphatic heterocycles. The summed E-state index contributed by atoms with van der Waals surface area (Å²) in [5.41, 5.74) is 6.24. The number of nitro groups is 1. The second-order valence-corrected chi connectivity index (χ2v) is 3.83. The van der Waals surface area contributed by atoms with E-state index in [-0.39, 0.29) is 17.4 Å². The van der Waals surface area contributed by atoms with Gasteiger partial charge in [-0.1, -0.05) is 19.4 Å². The molecule has 0 aliphatic carbocycles. The summed E-state index contributed by atoms with van der Waals surface area (Å²) in [5.74, 6) is 0. The van der Waals surface area contributed by atoms with Gasteiger partial charge in [0.25, 0.3) is 0 Å². The lowest BCUT2D eigenvalue weighted by molar-refractivity contribution is -0.383. The fourth-order valence-corrected chi connectivity index (χ4v) is 1.65. The smallest absolute Gasteiger partial charge is 0.314 e. The van der Waals surface area contributed by atoms with E-state index in [0.717, 1.165) is 12.8 Å². The van der Waals surface area contributed by atoms with E-state index >= 15 is 0 Å². The molecule has 16 heavy (non-hydrogen) atoms. The predicted octanol–water partition coefficient (Wildman–Crippen LogP) is 2.78. The minimum Gasteiger partial charge on any atom is -0.393 e. The van der Waals surface area contributed by atoms with Crippen molar-refractivity contribution in [3.63, 3.8) is 0 Å². The number of nitrogens with zero attached hydrogens (tertiary/aromatic N) is 1. The van der Waals surface area contributed by atoms with Crippen molar-refractivity contribution >= 4 is 17.1 Å². The Balaban J connectivity index is 2.95. The summed E-state index contributed by atoms with van der Waals surface area (Å²) in [6.07, 6.45) is 2.00. The predicted molar refractivity (Wildman–Crippen MR) is 65.5 cm³/mol. The van der Waals surface area contributed by atoms with Crippen LogP contribution in [0.25, 0.3) is 0 Å². The van der Waals surface area contributed by atoms with Gasteiger partial charge >= 0.3 is 5.69 Å². The highest BCUT2D eigenvalue weighted by Crippen LogP contribution is 2.31. The van der Waals surface area contributed by atoms with Crippen LogP contribution >= 0.6 is 0 Å². The van der Waals surface area contributed by atoms with Crippen LogP contribution in [0.15, 0.2) is 18.2 Å². The highest BCUT2D eigenvalue weighted by molar-refractivity contribution is 5.74. The summed E-state index contributed by atoms with van der Waals surface area (Å²) in [6.45, 7) is 4.07. The minimum absolute atomic E-state index is 0.0366. The number of nitro benzene ring substituents is 1. The second kappa shape index (κ2) is 5.34. The van der Waals surface area contributed by atoms with Crippen LogP contribution in [0.5, 0.6) is 0 Å². The zero-order valence-corrected chi connectivity index (χ0v) is 9.56. The first-order valence-corrected chi connectivity index (χ1v) is 5.35. The quantitative estimate of drug-likeness (QED) is 0.457. The zero-order chi connectivity index (χ0) is 12.1. The molecule has 0 fully saturated rings. The summed E-state index contributed by atoms with van der Waals surface area (Å²) in [6, 6.07) is 5.13. The third-order valence-electron chi connectivity index (χ3n) is 2.37. The molecule has 0 aromatic heterocycles. The number of nitrogens with one attached hydrogen (secondary N) is 1. The first kappa shape index (κ1) is 12.3. The first-order chi connectivity index (χ1) is 7.56. The molecule has 0 radical (unpaired) electrons. The monoisotopic (exact) mass is 223 g/mol. The molecule has 3 N–H and O–H groups in total. The van der Waals surface area contributed by atoms with Gasteiger partial charge in [0.05, 0.1) is 4.92 Å². The van der Waals surface area contributed by atoms with Gasteiger partial charge in [-0.15, -0.1) is 0 Å². The van der Waals surface area contributed by atoms with Gasteiger partial charge in [0.1, 0.15) is 11.4 Å². The molecule has 1 aromatic rings. The Morgan fingerprint density at radius 3 is 2.81 bits per heavy atom. The van der Waals surface area contributed by atoms with Gasteiger partial charge in [0.2, 0.25) is 0 Å². The molecule has 1 rings (SSSR count). The Morgan fingerprint density at radius 1 is 1.56 bits per heavy atom. The van der Waals surface area contributed by atoms with E-state index in [2.05, 4.69) is 12.2 Å². The zero-order valence-electron chi connectivity index (χ0n) is 9.56. The van der Waals surface area contributed by atoms with E-state index in [9.17, 15) is 10.1 Å². The van der Waals surface area contributed by atoms with Crippen LogP contribution in [0.2, 0.25) is 0 Å². The summed E-state index contributed by atoms with van der Waals surface area (Å²) >= 11 is 0. The molecule has 0 bridgehead atoms. The van der Waals surface area contributed by atoms with Crippen molar-refractivity contribution in [2.24, 2.45) is 0 Å². The Bertz CT molecular complexity index is 379. The standard InChI is InChI=1S/C11H17N3O2/c1-3-5-8(2)13-10-7-4-6-9(12)11(10)14(15)16/h4,6-8,13H,3,5,12H2,1-2H3. The summed E-state index contributed by atoms with van der Waals surface area (Å²) < 4.78 is 0. The van der Waals surface area contributed by atoms with Crippen molar-refractivity contribution in [3.05, 3.63) is 28.3 Å². The summed E-state index contributed by atoms with van der Waals surface area (Å²) in [4.78, 5) is 10.4.